The van der Waals surface area contributed by atoms with Crippen LogP contribution in [0.1, 0.15) is 34.6 Å². The maximum Gasteiger partial charge on any atom is 0.261 e. The lowest BCUT2D eigenvalue weighted by molar-refractivity contribution is 0.0636. The number of hydrogen-bond acceptors (Lipinski definition) is 4. The molecule has 5 nitrogen and oxygen atoms in total. The maximum atomic E-state index is 12.1. The standard InChI is InChI=1S/C13H12N2O3/c1-8(2)6-15-12(17)10-4-3-9(14-7-16)5-11(10)13(15)18/h3-5,8H,6H2,1-2H3. The second-order valence-corrected chi connectivity index (χ2v) is 4.55. The summed E-state index contributed by atoms with van der Waals surface area (Å²) < 4.78 is 0. The number of nitrogens with zero attached hydrogens (tertiary/aromatic N) is 2. The highest BCUT2D eigenvalue weighted by atomic mass is 16.2. The fraction of sp³-hybridized carbons (Fsp3) is 0.308. The van der Waals surface area contributed by atoms with E-state index in [0.717, 1.165) is 0 Å². The maximum absolute atomic E-state index is 12.1. The molecule has 92 valence electrons. The van der Waals surface area contributed by atoms with Crippen LogP contribution in [0.25, 0.3) is 0 Å². The Morgan fingerprint density at radius 2 is 1.89 bits per heavy atom. The third-order valence-corrected chi connectivity index (χ3v) is 2.68. The average Bonchev–Trinajstić information content (AvgIpc) is 2.55. The van der Waals surface area contributed by atoms with Crippen molar-refractivity contribution >= 4 is 23.6 Å². The molecule has 0 unspecified atom stereocenters. The number of isocyanates is 1. The van der Waals surface area contributed by atoms with Crippen LogP contribution in [0.2, 0.25) is 0 Å². The van der Waals surface area contributed by atoms with Crippen LogP contribution in [0, 0.1) is 5.92 Å². The smallest absolute Gasteiger partial charge is 0.261 e. The lowest BCUT2D eigenvalue weighted by Gasteiger charge is -2.15. The van der Waals surface area contributed by atoms with Crippen molar-refractivity contribution in [2.45, 2.75) is 13.8 Å². The van der Waals surface area contributed by atoms with Gasteiger partial charge in [-0.25, -0.2) is 4.79 Å². The number of aliphatic imine (C=N–C) groups is 1. The topological polar surface area (TPSA) is 66.8 Å². The summed E-state index contributed by atoms with van der Waals surface area (Å²) in [5, 5.41) is 0. The SMILES string of the molecule is CC(C)CN1C(=O)c2ccc(N=C=O)cc2C1=O. The van der Waals surface area contributed by atoms with Crippen LogP contribution in [0.5, 0.6) is 0 Å². The first-order chi connectivity index (χ1) is 8.54. The van der Waals surface area contributed by atoms with Gasteiger partial charge in [-0.1, -0.05) is 13.8 Å². The molecular formula is C13H12N2O3. The third kappa shape index (κ3) is 1.96. The van der Waals surface area contributed by atoms with E-state index in [1.165, 1.54) is 29.2 Å². The van der Waals surface area contributed by atoms with Gasteiger partial charge in [0, 0.05) is 6.54 Å². The van der Waals surface area contributed by atoms with Gasteiger partial charge in [-0.2, -0.15) is 4.99 Å². The van der Waals surface area contributed by atoms with Gasteiger partial charge in [0.05, 0.1) is 16.8 Å². The summed E-state index contributed by atoms with van der Waals surface area (Å²) in [6.07, 6.45) is 1.41. The van der Waals surface area contributed by atoms with E-state index >= 15 is 0 Å². The van der Waals surface area contributed by atoms with Crippen molar-refractivity contribution in [1.82, 2.24) is 4.90 Å². The number of imide groups is 1. The first kappa shape index (κ1) is 12.2. The van der Waals surface area contributed by atoms with Gasteiger partial charge in [0.1, 0.15) is 0 Å². The molecule has 0 fully saturated rings. The van der Waals surface area contributed by atoms with Crippen molar-refractivity contribution in [3.63, 3.8) is 0 Å². The van der Waals surface area contributed by atoms with Crippen molar-refractivity contribution in [3.05, 3.63) is 29.3 Å². The van der Waals surface area contributed by atoms with E-state index in [0.29, 0.717) is 23.4 Å². The molecule has 1 aliphatic heterocycles. The minimum atomic E-state index is -0.327. The Hall–Kier alpha value is -2.26. The molecule has 0 spiro atoms. The Kier molecular flexibility index (Phi) is 3.08. The number of rotatable bonds is 3. The van der Waals surface area contributed by atoms with Gasteiger partial charge in [0.15, 0.2) is 0 Å². The fourth-order valence-electron chi connectivity index (χ4n) is 1.93. The monoisotopic (exact) mass is 244 g/mol. The van der Waals surface area contributed by atoms with Crippen LogP contribution in [-0.4, -0.2) is 29.3 Å². The molecule has 0 N–H and O–H groups in total. The summed E-state index contributed by atoms with van der Waals surface area (Å²) in [6.45, 7) is 4.26. The molecule has 1 heterocycles. The summed E-state index contributed by atoms with van der Waals surface area (Å²) in [7, 11) is 0. The molecule has 0 aliphatic carbocycles. The van der Waals surface area contributed by atoms with Gasteiger partial charge >= 0.3 is 0 Å². The second-order valence-electron chi connectivity index (χ2n) is 4.55. The molecule has 5 heteroatoms. The molecule has 1 aromatic carbocycles. The molecular weight excluding hydrogens is 232 g/mol. The van der Waals surface area contributed by atoms with Gasteiger partial charge in [0.2, 0.25) is 6.08 Å². The minimum Gasteiger partial charge on any atom is -0.274 e. The summed E-state index contributed by atoms with van der Waals surface area (Å²) >= 11 is 0. The highest BCUT2D eigenvalue weighted by Gasteiger charge is 2.35. The molecule has 1 aromatic rings. The Bertz CT molecular complexity index is 572. The Labute approximate surface area is 104 Å². The molecule has 2 amide bonds. The Morgan fingerprint density at radius 3 is 2.50 bits per heavy atom. The third-order valence-electron chi connectivity index (χ3n) is 2.68. The van der Waals surface area contributed by atoms with E-state index < -0.39 is 0 Å². The van der Waals surface area contributed by atoms with E-state index in [-0.39, 0.29) is 17.7 Å². The highest BCUT2D eigenvalue weighted by molar-refractivity contribution is 6.21. The molecule has 0 aromatic heterocycles. The van der Waals surface area contributed by atoms with E-state index in [1.807, 2.05) is 13.8 Å². The largest absolute Gasteiger partial charge is 0.274 e. The average molecular weight is 244 g/mol. The van der Waals surface area contributed by atoms with Gasteiger partial charge in [0.25, 0.3) is 11.8 Å². The summed E-state index contributed by atoms with van der Waals surface area (Å²) in [6, 6.07) is 4.49. The Balaban J connectivity index is 2.42. The van der Waals surface area contributed by atoms with Crippen molar-refractivity contribution in [2.75, 3.05) is 6.54 Å². The molecule has 0 bridgehead atoms. The van der Waals surface area contributed by atoms with E-state index in [9.17, 15) is 14.4 Å². The summed E-state index contributed by atoms with van der Waals surface area (Å²) in [5.41, 5.74) is 0.999. The van der Waals surface area contributed by atoms with Crippen LogP contribution in [0.4, 0.5) is 5.69 Å². The van der Waals surface area contributed by atoms with Crippen LogP contribution < -0.4 is 0 Å². The molecule has 2 rings (SSSR count). The van der Waals surface area contributed by atoms with Gasteiger partial charge in [-0.05, 0) is 24.1 Å². The molecule has 0 saturated heterocycles. The van der Waals surface area contributed by atoms with Crippen LogP contribution >= 0.6 is 0 Å². The molecule has 0 atom stereocenters. The number of amides is 2. The normalized spacial score (nSPS) is 13.8. The lowest BCUT2D eigenvalue weighted by Crippen LogP contribution is -2.33. The molecule has 0 saturated carbocycles. The zero-order valence-corrected chi connectivity index (χ0v) is 10.1. The first-order valence-corrected chi connectivity index (χ1v) is 5.62. The van der Waals surface area contributed by atoms with Crippen LogP contribution in [0.15, 0.2) is 23.2 Å². The van der Waals surface area contributed by atoms with Gasteiger partial charge < -0.3 is 0 Å². The second kappa shape index (κ2) is 4.55. The van der Waals surface area contributed by atoms with Gasteiger partial charge in [-0.15, -0.1) is 0 Å². The number of hydrogen-bond donors (Lipinski definition) is 0. The predicted octanol–water partition coefficient (Wildman–Crippen LogP) is 1.91. The number of benzene rings is 1. The van der Waals surface area contributed by atoms with Crippen LogP contribution in [-0.2, 0) is 4.79 Å². The van der Waals surface area contributed by atoms with E-state index in [1.54, 1.807) is 0 Å². The fourth-order valence-corrected chi connectivity index (χ4v) is 1.93. The molecule has 0 radical (unpaired) electrons. The van der Waals surface area contributed by atoms with Crippen molar-refractivity contribution in [3.8, 4) is 0 Å². The highest BCUT2D eigenvalue weighted by Crippen LogP contribution is 2.27. The summed E-state index contributed by atoms with van der Waals surface area (Å²) in [4.78, 5) is 38.9. The van der Waals surface area contributed by atoms with Crippen LogP contribution in [0.3, 0.4) is 0 Å². The van der Waals surface area contributed by atoms with Crippen molar-refractivity contribution in [1.29, 1.82) is 0 Å². The number of carbonyl (C=O) groups is 2. The van der Waals surface area contributed by atoms with E-state index in [4.69, 9.17) is 0 Å². The predicted molar refractivity (Wildman–Crippen MR) is 64.4 cm³/mol. The molecule has 18 heavy (non-hydrogen) atoms. The lowest BCUT2D eigenvalue weighted by atomic mass is 10.1. The first-order valence-electron chi connectivity index (χ1n) is 5.62. The zero-order chi connectivity index (χ0) is 13.3. The quantitative estimate of drug-likeness (QED) is 0.463. The Morgan fingerprint density at radius 1 is 1.22 bits per heavy atom. The number of carbonyl (C=O) groups excluding carboxylic acids is 3. The zero-order valence-electron chi connectivity index (χ0n) is 10.1. The summed E-state index contributed by atoms with van der Waals surface area (Å²) in [5.74, 6) is -0.406. The van der Waals surface area contributed by atoms with E-state index in [2.05, 4.69) is 4.99 Å². The van der Waals surface area contributed by atoms with Crippen molar-refractivity contribution < 1.29 is 14.4 Å². The molecule has 1 aliphatic rings. The minimum absolute atomic E-state index is 0.208. The van der Waals surface area contributed by atoms with Crippen molar-refractivity contribution in [2.24, 2.45) is 10.9 Å². The number of fused-ring (bicyclic) bond motifs is 1. The van der Waals surface area contributed by atoms with Gasteiger partial charge in [-0.3, -0.25) is 14.5 Å².